The van der Waals surface area contributed by atoms with Crippen molar-refractivity contribution >= 4 is 32.6 Å². The molecule has 0 aliphatic carbocycles. The minimum atomic E-state index is 0.673. The van der Waals surface area contributed by atoms with Crippen molar-refractivity contribution in [1.29, 1.82) is 0 Å². The van der Waals surface area contributed by atoms with Crippen molar-refractivity contribution < 1.29 is 0 Å². The van der Waals surface area contributed by atoms with E-state index in [1.54, 1.807) is 33.8 Å². The first-order valence-corrected chi connectivity index (χ1v) is 11.8. The monoisotopic (exact) mass is 480 g/mol. The fourth-order valence-corrected chi connectivity index (χ4v) is 5.26. The summed E-state index contributed by atoms with van der Waals surface area (Å²) >= 11 is 2.98. The van der Waals surface area contributed by atoms with E-state index in [4.69, 9.17) is 10.2 Å². The summed E-state index contributed by atoms with van der Waals surface area (Å²) in [5.41, 5.74) is 3.73. The van der Waals surface area contributed by atoms with Crippen LogP contribution in [-0.2, 0) is 0 Å². The van der Waals surface area contributed by atoms with E-state index in [1.807, 2.05) is 48.5 Å². The van der Waals surface area contributed by atoms with E-state index >= 15 is 0 Å². The predicted molar refractivity (Wildman–Crippen MR) is 128 cm³/mol. The maximum Gasteiger partial charge on any atom is 0.235 e. The largest absolute Gasteiger partial charge is 0.264 e. The molecule has 12 heteroatoms. The number of hydrogen-bond donors (Lipinski definition) is 0. The van der Waals surface area contributed by atoms with Crippen LogP contribution in [0.3, 0.4) is 0 Å². The molecule has 6 heterocycles. The molecule has 0 N–H and O–H groups in total. The van der Waals surface area contributed by atoms with Crippen LogP contribution >= 0.6 is 22.7 Å². The van der Waals surface area contributed by atoms with E-state index in [2.05, 4.69) is 30.4 Å². The van der Waals surface area contributed by atoms with E-state index < -0.39 is 0 Å². The predicted octanol–water partition coefficient (Wildman–Crippen LogP) is 4.14. The van der Waals surface area contributed by atoms with Gasteiger partial charge in [-0.05, 0) is 24.3 Å². The van der Waals surface area contributed by atoms with E-state index in [0.717, 1.165) is 42.2 Å². The molecule has 0 fully saturated rings. The summed E-state index contributed by atoms with van der Waals surface area (Å²) in [4.78, 5) is 9.79. The maximum absolute atomic E-state index is 4.73. The second-order valence-corrected chi connectivity index (χ2v) is 9.22. The molecule has 0 aliphatic heterocycles. The Morgan fingerprint density at radius 1 is 0.529 bits per heavy atom. The smallest absolute Gasteiger partial charge is 0.235 e. The van der Waals surface area contributed by atoms with Gasteiger partial charge in [-0.3, -0.25) is 9.97 Å². The number of aromatic nitrogens is 10. The molecule has 0 aliphatic rings. The molecule has 0 spiro atoms. The Kier molecular flexibility index (Phi) is 4.25. The van der Waals surface area contributed by atoms with Crippen molar-refractivity contribution in [1.82, 2.24) is 49.6 Å². The van der Waals surface area contributed by atoms with Crippen molar-refractivity contribution in [2.24, 2.45) is 0 Å². The molecule has 0 amide bonds. The van der Waals surface area contributed by atoms with Gasteiger partial charge in [0.15, 0.2) is 11.6 Å². The number of benzene rings is 1. The first-order valence-electron chi connectivity index (χ1n) is 10.2. The summed E-state index contributed by atoms with van der Waals surface area (Å²) in [7, 11) is 0. The van der Waals surface area contributed by atoms with Crippen LogP contribution in [0.2, 0.25) is 0 Å². The molecule has 162 valence electrons. The van der Waals surface area contributed by atoms with Gasteiger partial charge in [0.05, 0.1) is 0 Å². The van der Waals surface area contributed by atoms with Gasteiger partial charge in [-0.15, -0.1) is 20.4 Å². The molecule has 0 bridgehead atoms. The van der Waals surface area contributed by atoms with Gasteiger partial charge in [0.25, 0.3) is 0 Å². The molecule has 34 heavy (non-hydrogen) atoms. The lowest BCUT2D eigenvalue weighted by molar-refractivity contribution is 0.967. The zero-order chi connectivity index (χ0) is 22.5. The number of fused-ring (bicyclic) bond motifs is 2. The maximum atomic E-state index is 4.73. The lowest BCUT2D eigenvalue weighted by atomic mass is 10.1. The number of nitrogens with zero attached hydrogens (tertiary/aromatic N) is 10. The third kappa shape index (κ3) is 3.08. The van der Waals surface area contributed by atoms with Crippen molar-refractivity contribution in [3.05, 3.63) is 73.3 Å². The quantitative estimate of drug-likeness (QED) is 0.369. The van der Waals surface area contributed by atoms with Crippen LogP contribution in [-0.4, -0.2) is 49.6 Å². The summed E-state index contributed by atoms with van der Waals surface area (Å²) in [6.07, 6.45) is 6.96. The zero-order valence-corrected chi connectivity index (χ0v) is 18.8. The summed E-state index contributed by atoms with van der Waals surface area (Å²) in [6, 6.07) is 15.8. The Morgan fingerprint density at radius 3 is 1.41 bits per heavy atom. The van der Waals surface area contributed by atoms with E-state index in [-0.39, 0.29) is 0 Å². The molecule has 0 atom stereocenters. The molecule has 1 aromatic carbocycles. The minimum absolute atomic E-state index is 0.673. The average molecular weight is 481 g/mol. The van der Waals surface area contributed by atoms with Crippen LogP contribution in [0, 0.1) is 0 Å². The van der Waals surface area contributed by atoms with Crippen LogP contribution in [0.1, 0.15) is 0 Å². The zero-order valence-electron chi connectivity index (χ0n) is 17.2. The number of hydrogen-bond acceptors (Lipinski definition) is 10. The van der Waals surface area contributed by atoms with Gasteiger partial charge >= 0.3 is 0 Å². The Hall–Kier alpha value is -4.42. The van der Waals surface area contributed by atoms with Crippen molar-refractivity contribution in [2.75, 3.05) is 0 Å². The average Bonchev–Trinajstić information content (AvgIpc) is 3.66. The highest BCUT2D eigenvalue weighted by Crippen LogP contribution is 2.32. The van der Waals surface area contributed by atoms with Gasteiger partial charge in [-0.25, -0.2) is 0 Å². The van der Waals surface area contributed by atoms with Crippen molar-refractivity contribution in [3.63, 3.8) is 0 Å². The SMILES string of the molecule is c1cncc(-c2nnc3sc(-c4ccc(-c5nn6c(-c7cccnc7)nnc6s5)cc4)nn23)c1. The molecular formula is C22H12N10S2. The molecule has 6 aromatic heterocycles. The first kappa shape index (κ1) is 19.1. The van der Waals surface area contributed by atoms with Gasteiger partial charge in [0.1, 0.15) is 10.0 Å². The molecule has 10 nitrogen and oxygen atoms in total. The number of rotatable bonds is 4. The summed E-state index contributed by atoms with van der Waals surface area (Å²) in [5, 5.41) is 28.2. The molecule has 0 saturated carbocycles. The van der Waals surface area contributed by atoms with Gasteiger partial charge in [-0.2, -0.15) is 19.2 Å². The van der Waals surface area contributed by atoms with E-state index in [1.165, 1.54) is 22.7 Å². The molecule has 0 saturated heterocycles. The highest BCUT2D eigenvalue weighted by molar-refractivity contribution is 7.20. The van der Waals surface area contributed by atoms with Gasteiger partial charge in [-0.1, -0.05) is 46.9 Å². The van der Waals surface area contributed by atoms with Crippen LogP contribution in [0.15, 0.2) is 73.3 Å². The molecule has 7 aromatic rings. The van der Waals surface area contributed by atoms with Gasteiger partial charge in [0, 0.05) is 47.0 Å². The highest BCUT2D eigenvalue weighted by Gasteiger charge is 2.17. The van der Waals surface area contributed by atoms with Crippen LogP contribution in [0.5, 0.6) is 0 Å². The van der Waals surface area contributed by atoms with Crippen molar-refractivity contribution in [2.45, 2.75) is 0 Å². The normalized spacial score (nSPS) is 11.5. The van der Waals surface area contributed by atoms with Gasteiger partial charge in [0.2, 0.25) is 9.92 Å². The minimum Gasteiger partial charge on any atom is -0.264 e. The first-order chi connectivity index (χ1) is 16.8. The summed E-state index contributed by atoms with van der Waals surface area (Å²) < 4.78 is 3.52. The Bertz CT molecular complexity index is 1620. The number of pyridine rings is 2. The molecule has 0 unspecified atom stereocenters. The standard InChI is InChI=1S/C22H12N10S2/c1-3-15(11-23-9-1)17-25-27-21-31(17)29-19(33-21)13-5-7-14(8-6-13)20-30-32-18(26-28-22(32)34-20)16-4-2-10-24-12-16/h1-12H. The van der Waals surface area contributed by atoms with Crippen LogP contribution < -0.4 is 0 Å². The Balaban J connectivity index is 1.22. The van der Waals surface area contributed by atoms with Crippen LogP contribution in [0.4, 0.5) is 0 Å². The fourth-order valence-electron chi connectivity index (χ4n) is 3.57. The molecule has 0 radical (unpaired) electrons. The van der Waals surface area contributed by atoms with E-state index in [9.17, 15) is 0 Å². The van der Waals surface area contributed by atoms with E-state index in [0.29, 0.717) is 11.6 Å². The lowest BCUT2D eigenvalue weighted by Crippen LogP contribution is -1.92. The molecule has 7 rings (SSSR count). The van der Waals surface area contributed by atoms with Crippen LogP contribution in [0.25, 0.3) is 53.8 Å². The van der Waals surface area contributed by atoms with Crippen molar-refractivity contribution in [3.8, 4) is 43.9 Å². The topological polar surface area (TPSA) is 112 Å². The third-order valence-corrected chi connectivity index (χ3v) is 7.10. The second-order valence-electron chi connectivity index (χ2n) is 7.31. The second kappa shape index (κ2) is 7.57. The fraction of sp³-hybridized carbons (Fsp3) is 0. The van der Waals surface area contributed by atoms with Gasteiger partial charge < -0.3 is 0 Å². The third-order valence-electron chi connectivity index (χ3n) is 5.20. The Morgan fingerprint density at radius 2 is 1.00 bits per heavy atom. The highest BCUT2D eigenvalue weighted by atomic mass is 32.1. The lowest BCUT2D eigenvalue weighted by Gasteiger charge is -1.99. The summed E-state index contributed by atoms with van der Waals surface area (Å²) in [6.45, 7) is 0. The Labute approximate surface area is 199 Å². The summed E-state index contributed by atoms with van der Waals surface area (Å²) in [5.74, 6) is 1.35. The molecular weight excluding hydrogens is 468 g/mol.